The molecule has 0 amide bonds. The molecule has 5 rings (SSSR count). The number of ketones is 1. The monoisotopic (exact) mass is 568 g/mol. The van der Waals surface area contributed by atoms with E-state index in [1.807, 2.05) is 42.2 Å². The molecule has 2 aliphatic rings. The molecule has 204 valence electrons. The Morgan fingerprint density at radius 1 is 1.15 bits per heavy atom. The lowest BCUT2D eigenvalue weighted by Gasteiger charge is -2.43. The highest BCUT2D eigenvalue weighted by Gasteiger charge is 2.42. The maximum atomic E-state index is 14.4. The highest BCUT2D eigenvalue weighted by Crippen LogP contribution is 2.46. The van der Waals surface area contributed by atoms with Crippen LogP contribution in [-0.2, 0) is 40.5 Å². The fraction of sp³-hybridized carbons (Fsp3) is 0.400. The van der Waals surface area contributed by atoms with Gasteiger partial charge >= 0.3 is 0 Å². The van der Waals surface area contributed by atoms with Crippen LogP contribution in [0.5, 0.6) is 0 Å². The first-order valence-electron chi connectivity index (χ1n) is 13.2. The second kappa shape index (κ2) is 11.8. The molecule has 1 spiro atoms. The SMILES string of the molecule is CCS(=O)c1ccc(CCC(=O)c2cc3c(s2)C2(CCN(Cc4c(F)cc(C#N)cc4F)CC2)OCC3)cc1. The summed E-state index contributed by atoms with van der Waals surface area (Å²) in [7, 11) is -0.983. The second-order valence-electron chi connectivity index (χ2n) is 10.1. The van der Waals surface area contributed by atoms with Gasteiger partial charge in [-0.3, -0.25) is 13.9 Å². The van der Waals surface area contributed by atoms with E-state index in [1.165, 1.54) is 16.9 Å². The smallest absolute Gasteiger partial charge is 0.173 e. The van der Waals surface area contributed by atoms with Crippen molar-refractivity contribution in [1.82, 2.24) is 4.90 Å². The number of fused-ring (bicyclic) bond motifs is 2. The van der Waals surface area contributed by atoms with Gasteiger partial charge in [0, 0.05) is 47.1 Å². The summed E-state index contributed by atoms with van der Waals surface area (Å²) < 4.78 is 47.1. The number of piperidine rings is 1. The molecular formula is C30H30F2N2O3S2. The average Bonchev–Trinajstić information content (AvgIpc) is 3.41. The number of rotatable bonds is 8. The number of ether oxygens (including phenoxy) is 1. The fourth-order valence-corrected chi connectivity index (χ4v) is 7.55. The largest absolute Gasteiger partial charge is 0.369 e. The van der Waals surface area contributed by atoms with Crippen molar-refractivity contribution >= 4 is 27.9 Å². The van der Waals surface area contributed by atoms with Crippen LogP contribution in [0.2, 0.25) is 0 Å². The number of nitriles is 1. The Labute approximate surface area is 233 Å². The Balaban J connectivity index is 1.23. The molecule has 1 saturated heterocycles. The highest BCUT2D eigenvalue weighted by atomic mass is 32.2. The van der Waals surface area contributed by atoms with E-state index < -0.39 is 28.0 Å². The molecule has 0 saturated carbocycles. The third kappa shape index (κ3) is 5.90. The van der Waals surface area contributed by atoms with E-state index in [0.717, 1.165) is 38.8 Å². The average molecular weight is 569 g/mol. The van der Waals surface area contributed by atoms with Crippen molar-refractivity contribution in [2.24, 2.45) is 0 Å². The maximum absolute atomic E-state index is 14.4. The van der Waals surface area contributed by atoms with Gasteiger partial charge in [-0.2, -0.15) is 5.26 Å². The minimum absolute atomic E-state index is 0.0209. The van der Waals surface area contributed by atoms with Gasteiger partial charge in [-0.25, -0.2) is 8.78 Å². The standard InChI is InChI=1S/C30H30F2N2O3S2/c1-2-39(36)23-6-3-20(4-7-23)5-8-27(35)28-17-22-9-14-37-30(29(22)38-28)10-12-34(13-11-30)19-24-25(31)15-21(18-33)16-26(24)32/h3-4,6-7,15-17H,2,5,8-14,19H2,1H3. The van der Waals surface area contributed by atoms with Crippen molar-refractivity contribution in [3.8, 4) is 6.07 Å². The number of nitrogens with zero attached hydrogens (tertiary/aromatic N) is 2. The lowest BCUT2D eigenvalue weighted by molar-refractivity contribution is -0.0962. The molecule has 1 unspecified atom stereocenters. The molecule has 39 heavy (non-hydrogen) atoms. The lowest BCUT2D eigenvalue weighted by atomic mass is 9.85. The van der Waals surface area contributed by atoms with Crippen molar-refractivity contribution in [2.45, 2.75) is 56.1 Å². The summed E-state index contributed by atoms with van der Waals surface area (Å²) in [6.07, 6.45) is 3.15. The predicted octanol–water partition coefficient (Wildman–Crippen LogP) is 5.90. The van der Waals surface area contributed by atoms with E-state index in [2.05, 4.69) is 0 Å². The van der Waals surface area contributed by atoms with Gasteiger partial charge in [0.15, 0.2) is 5.78 Å². The third-order valence-corrected chi connectivity index (χ3v) is 10.4. The number of hydrogen-bond donors (Lipinski definition) is 0. The molecule has 5 nitrogen and oxygen atoms in total. The van der Waals surface area contributed by atoms with Crippen LogP contribution in [0.1, 0.15) is 63.0 Å². The zero-order valence-electron chi connectivity index (χ0n) is 21.8. The number of Topliss-reactive ketones (excluding diaryl/α,β-unsaturated/α-hetero) is 1. The van der Waals surface area contributed by atoms with Gasteiger partial charge in [-0.05, 0) is 67.1 Å². The second-order valence-corrected chi connectivity index (χ2v) is 12.9. The number of aryl methyl sites for hydroxylation is 1. The molecule has 2 aliphatic heterocycles. The topological polar surface area (TPSA) is 70.4 Å². The number of thiophene rings is 1. The van der Waals surface area contributed by atoms with E-state index in [4.69, 9.17) is 10.00 Å². The number of carbonyl (C=O) groups excluding carboxylic acids is 1. The van der Waals surface area contributed by atoms with Crippen LogP contribution >= 0.6 is 11.3 Å². The van der Waals surface area contributed by atoms with Gasteiger partial charge in [0.2, 0.25) is 0 Å². The summed E-state index contributed by atoms with van der Waals surface area (Å²) in [6.45, 7) is 3.83. The van der Waals surface area contributed by atoms with Crippen molar-refractivity contribution in [3.63, 3.8) is 0 Å². The summed E-state index contributed by atoms with van der Waals surface area (Å²) >= 11 is 1.52. The number of hydrogen-bond acceptors (Lipinski definition) is 6. The Hall–Kier alpha value is -2.77. The van der Waals surface area contributed by atoms with Crippen molar-refractivity contribution in [2.75, 3.05) is 25.4 Å². The van der Waals surface area contributed by atoms with Gasteiger partial charge in [0.05, 0.1) is 33.9 Å². The van der Waals surface area contributed by atoms with Gasteiger partial charge in [-0.1, -0.05) is 19.1 Å². The van der Waals surface area contributed by atoms with Crippen molar-refractivity contribution < 1.29 is 22.5 Å². The van der Waals surface area contributed by atoms with Crippen LogP contribution in [0.3, 0.4) is 0 Å². The Morgan fingerprint density at radius 3 is 2.49 bits per heavy atom. The van der Waals surface area contributed by atoms with Crippen LogP contribution < -0.4 is 0 Å². The molecule has 0 bridgehead atoms. The van der Waals surface area contributed by atoms with Crippen molar-refractivity contribution in [1.29, 1.82) is 5.26 Å². The minimum Gasteiger partial charge on any atom is -0.369 e. The predicted molar refractivity (Wildman–Crippen MR) is 147 cm³/mol. The van der Waals surface area contributed by atoms with Crippen LogP contribution in [0.15, 0.2) is 47.4 Å². The molecule has 3 heterocycles. The van der Waals surface area contributed by atoms with Crippen LogP contribution in [0.25, 0.3) is 0 Å². The van der Waals surface area contributed by atoms with E-state index in [1.54, 1.807) is 6.07 Å². The molecule has 0 radical (unpaired) electrons. The first kappa shape index (κ1) is 27.8. The zero-order valence-corrected chi connectivity index (χ0v) is 23.4. The summed E-state index contributed by atoms with van der Waals surface area (Å²) in [5, 5.41) is 8.93. The summed E-state index contributed by atoms with van der Waals surface area (Å²) in [5.74, 6) is -0.708. The Kier molecular flexibility index (Phi) is 8.38. The van der Waals surface area contributed by atoms with Gasteiger partial charge in [-0.15, -0.1) is 11.3 Å². The van der Waals surface area contributed by atoms with Gasteiger partial charge in [0.1, 0.15) is 17.2 Å². The molecular weight excluding hydrogens is 538 g/mol. The quantitative estimate of drug-likeness (QED) is 0.316. The Morgan fingerprint density at radius 2 is 1.85 bits per heavy atom. The van der Waals surface area contributed by atoms with Crippen LogP contribution in [-0.4, -0.2) is 40.3 Å². The molecule has 1 atom stereocenters. The van der Waals surface area contributed by atoms with Crippen LogP contribution in [0, 0.1) is 23.0 Å². The molecule has 1 aromatic heterocycles. The maximum Gasteiger partial charge on any atom is 0.173 e. The normalized spacial score (nSPS) is 17.5. The highest BCUT2D eigenvalue weighted by molar-refractivity contribution is 7.85. The van der Waals surface area contributed by atoms with E-state index >= 15 is 0 Å². The number of likely N-dealkylation sites (tertiary alicyclic amines) is 1. The fourth-order valence-electron chi connectivity index (χ4n) is 5.40. The minimum atomic E-state index is -0.983. The van der Waals surface area contributed by atoms with E-state index in [9.17, 15) is 17.8 Å². The summed E-state index contributed by atoms with van der Waals surface area (Å²) in [4.78, 5) is 17.8. The third-order valence-electron chi connectivity index (χ3n) is 7.65. The summed E-state index contributed by atoms with van der Waals surface area (Å²) in [6, 6.07) is 13.6. The Bertz CT molecular complexity index is 1410. The first-order valence-corrected chi connectivity index (χ1v) is 15.3. The summed E-state index contributed by atoms with van der Waals surface area (Å²) in [5.41, 5.74) is 1.69. The molecule has 9 heteroatoms. The number of benzene rings is 2. The first-order chi connectivity index (χ1) is 18.8. The van der Waals surface area contributed by atoms with Gasteiger partial charge in [0.25, 0.3) is 0 Å². The van der Waals surface area contributed by atoms with Crippen LogP contribution in [0.4, 0.5) is 8.78 Å². The lowest BCUT2D eigenvalue weighted by Crippen LogP contribution is -2.45. The molecule has 0 aliphatic carbocycles. The van der Waals surface area contributed by atoms with Gasteiger partial charge < -0.3 is 4.74 Å². The molecule has 2 aromatic carbocycles. The molecule has 1 fully saturated rings. The molecule has 0 N–H and O–H groups in total. The molecule has 3 aromatic rings. The zero-order chi connectivity index (χ0) is 27.6. The van der Waals surface area contributed by atoms with E-state index in [0.29, 0.717) is 51.1 Å². The van der Waals surface area contributed by atoms with Crippen molar-refractivity contribution in [3.05, 3.63) is 86.1 Å². The number of carbonyl (C=O) groups is 1. The van der Waals surface area contributed by atoms with E-state index in [-0.39, 0.29) is 23.5 Å². The number of halogens is 2.